The fourth-order valence-corrected chi connectivity index (χ4v) is 1.57. The number of ether oxygens (including phenoxy) is 1. The molecule has 0 bridgehead atoms. The van der Waals surface area contributed by atoms with E-state index in [4.69, 9.17) is 10.2 Å². The molecule has 0 fully saturated rings. The highest BCUT2D eigenvalue weighted by Gasteiger charge is 2.17. The van der Waals surface area contributed by atoms with Gasteiger partial charge in [-0.2, -0.15) is 0 Å². The Bertz CT molecular complexity index is 429. The molecule has 0 spiro atoms. The molecule has 6 heteroatoms. The summed E-state index contributed by atoms with van der Waals surface area (Å²) in [5.74, 6) is -1.24. The Morgan fingerprint density at radius 1 is 1.32 bits per heavy atom. The van der Waals surface area contributed by atoms with Gasteiger partial charge in [0, 0.05) is 6.54 Å². The van der Waals surface area contributed by atoms with Crippen LogP contribution in [0.5, 0.6) is 5.75 Å². The van der Waals surface area contributed by atoms with E-state index in [0.29, 0.717) is 0 Å². The van der Waals surface area contributed by atoms with Crippen molar-refractivity contribution < 1.29 is 24.5 Å². The Morgan fingerprint density at radius 3 is 2.47 bits per heavy atom. The Hall–Kier alpha value is -2.08. The average molecular weight is 267 g/mol. The number of rotatable bonds is 7. The molecule has 6 nitrogen and oxygen atoms in total. The summed E-state index contributed by atoms with van der Waals surface area (Å²) in [5, 5.41) is 21.0. The van der Waals surface area contributed by atoms with Gasteiger partial charge in [0.1, 0.15) is 11.8 Å². The van der Waals surface area contributed by atoms with E-state index < -0.39 is 12.0 Å². The van der Waals surface area contributed by atoms with Gasteiger partial charge in [-0.3, -0.25) is 9.59 Å². The molecule has 1 unspecified atom stereocenters. The van der Waals surface area contributed by atoms with Crippen LogP contribution in [0.25, 0.3) is 0 Å². The zero-order valence-electron chi connectivity index (χ0n) is 10.6. The molecule has 0 aliphatic rings. The second-order valence-corrected chi connectivity index (χ2v) is 4.04. The number of phenols is 1. The maximum Gasteiger partial charge on any atom is 0.321 e. The zero-order valence-corrected chi connectivity index (χ0v) is 10.6. The highest BCUT2D eigenvalue weighted by molar-refractivity contribution is 5.74. The van der Waals surface area contributed by atoms with Gasteiger partial charge in [-0.25, -0.2) is 0 Å². The first-order valence-corrected chi connectivity index (χ1v) is 5.84. The first kappa shape index (κ1) is 15.0. The molecule has 1 aromatic rings. The Morgan fingerprint density at radius 2 is 1.95 bits per heavy atom. The monoisotopic (exact) mass is 267 g/mol. The van der Waals surface area contributed by atoms with Crippen molar-refractivity contribution in [3.63, 3.8) is 0 Å². The predicted molar refractivity (Wildman–Crippen MR) is 67.9 cm³/mol. The lowest BCUT2D eigenvalue weighted by Gasteiger charge is -2.14. The van der Waals surface area contributed by atoms with Crippen LogP contribution in [0.2, 0.25) is 0 Å². The van der Waals surface area contributed by atoms with E-state index >= 15 is 0 Å². The van der Waals surface area contributed by atoms with Crippen molar-refractivity contribution >= 4 is 11.9 Å². The van der Waals surface area contributed by atoms with Gasteiger partial charge in [-0.05, 0) is 24.1 Å². The van der Waals surface area contributed by atoms with Gasteiger partial charge in [0.15, 0.2) is 0 Å². The lowest BCUT2D eigenvalue weighted by molar-refractivity contribution is -0.142. The fraction of sp³-hybridized carbons (Fsp3) is 0.385. The van der Waals surface area contributed by atoms with E-state index in [1.807, 2.05) is 0 Å². The number of methoxy groups -OCH3 is 1. The molecular formula is C13H17NO5. The summed E-state index contributed by atoms with van der Waals surface area (Å²) in [6.45, 7) is 0.238. The maximum absolute atomic E-state index is 11.1. The quantitative estimate of drug-likeness (QED) is 0.624. The van der Waals surface area contributed by atoms with Gasteiger partial charge in [-0.15, -0.1) is 0 Å². The van der Waals surface area contributed by atoms with Crippen molar-refractivity contribution in [2.75, 3.05) is 13.7 Å². The molecule has 0 radical (unpaired) electrons. The first-order valence-electron chi connectivity index (χ1n) is 5.84. The molecular weight excluding hydrogens is 250 g/mol. The number of carboxylic acid groups (broad SMARTS) is 1. The molecule has 0 aliphatic heterocycles. The van der Waals surface area contributed by atoms with Crippen molar-refractivity contribution in [2.24, 2.45) is 0 Å². The summed E-state index contributed by atoms with van der Waals surface area (Å²) in [6.07, 6.45) is 0.395. The number of carbonyl (C=O) groups is 2. The van der Waals surface area contributed by atoms with Gasteiger partial charge in [0.2, 0.25) is 0 Å². The molecule has 104 valence electrons. The van der Waals surface area contributed by atoms with Crippen LogP contribution in [0.3, 0.4) is 0 Å². The average Bonchev–Trinajstić information content (AvgIpc) is 2.39. The topological polar surface area (TPSA) is 95.9 Å². The van der Waals surface area contributed by atoms with Crippen molar-refractivity contribution in [1.29, 1.82) is 0 Å². The predicted octanol–water partition coefficient (Wildman–Crippen LogP) is 0.541. The van der Waals surface area contributed by atoms with Crippen molar-refractivity contribution in [1.82, 2.24) is 5.32 Å². The summed E-state index contributed by atoms with van der Waals surface area (Å²) >= 11 is 0. The minimum Gasteiger partial charge on any atom is -0.508 e. The Balaban J connectivity index is 2.51. The third-order valence-corrected chi connectivity index (χ3v) is 2.62. The molecule has 1 atom stereocenters. The smallest absolute Gasteiger partial charge is 0.321 e. The number of phenolic OH excluding ortho intramolecular Hbond substituents is 1. The third-order valence-electron chi connectivity index (χ3n) is 2.62. The maximum atomic E-state index is 11.1. The Labute approximate surface area is 111 Å². The van der Waals surface area contributed by atoms with Gasteiger partial charge < -0.3 is 20.3 Å². The summed E-state index contributed by atoms with van der Waals surface area (Å²) < 4.78 is 4.47. The molecule has 1 aromatic carbocycles. The van der Waals surface area contributed by atoms with Gasteiger partial charge in [0.25, 0.3) is 0 Å². The molecule has 0 saturated heterocycles. The summed E-state index contributed by atoms with van der Waals surface area (Å²) in [7, 11) is 1.29. The number of hydrogen-bond donors (Lipinski definition) is 3. The minimum absolute atomic E-state index is 0.121. The minimum atomic E-state index is -0.988. The van der Waals surface area contributed by atoms with Crippen LogP contribution in [0.4, 0.5) is 0 Å². The molecule has 0 aliphatic carbocycles. The summed E-state index contributed by atoms with van der Waals surface area (Å²) in [5.41, 5.74) is 0.788. The van der Waals surface area contributed by atoms with E-state index in [-0.39, 0.29) is 31.1 Å². The van der Waals surface area contributed by atoms with Crippen molar-refractivity contribution in [2.45, 2.75) is 18.9 Å². The highest BCUT2D eigenvalue weighted by Crippen LogP contribution is 2.11. The third kappa shape index (κ3) is 5.39. The van der Waals surface area contributed by atoms with Crippen LogP contribution in [-0.4, -0.2) is 41.8 Å². The first-order chi connectivity index (χ1) is 9.02. The lowest BCUT2D eigenvalue weighted by atomic mass is 10.1. The van der Waals surface area contributed by atoms with E-state index in [2.05, 4.69) is 10.1 Å². The normalized spacial score (nSPS) is 11.8. The van der Waals surface area contributed by atoms with Crippen LogP contribution in [0, 0.1) is 0 Å². The number of aliphatic carboxylic acids is 1. The number of carbonyl (C=O) groups excluding carboxylic acids is 1. The van der Waals surface area contributed by atoms with Gasteiger partial charge in [0.05, 0.1) is 13.5 Å². The summed E-state index contributed by atoms with van der Waals surface area (Å²) in [6, 6.07) is 5.54. The number of aromatic hydroxyl groups is 1. The molecule has 3 N–H and O–H groups in total. The van der Waals surface area contributed by atoms with Crippen LogP contribution in [0.1, 0.15) is 12.0 Å². The second kappa shape index (κ2) is 7.38. The van der Waals surface area contributed by atoms with E-state index in [9.17, 15) is 9.59 Å². The number of carboxylic acids is 1. The SMILES string of the molecule is COC(=O)CCNC(Cc1ccc(O)cc1)C(=O)O. The standard InChI is InChI=1S/C13H17NO5/c1-19-12(16)6-7-14-11(13(17)18)8-9-2-4-10(15)5-3-9/h2-5,11,14-15H,6-8H2,1H3,(H,17,18). The molecule has 0 amide bonds. The molecule has 0 aromatic heterocycles. The van der Waals surface area contributed by atoms with Crippen LogP contribution in [0.15, 0.2) is 24.3 Å². The van der Waals surface area contributed by atoms with Gasteiger partial charge >= 0.3 is 11.9 Å². The number of hydrogen-bond acceptors (Lipinski definition) is 5. The molecule has 0 saturated carbocycles. The van der Waals surface area contributed by atoms with Crippen LogP contribution in [-0.2, 0) is 20.7 Å². The molecule has 19 heavy (non-hydrogen) atoms. The number of benzene rings is 1. The Kier molecular flexibility index (Phi) is 5.81. The van der Waals surface area contributed by atoms with E-state index in [1.54, 1.807) is 12.1 Å². The summed E-state index contributed by atoms with van der Waals surface area (Å²) in [4.78, 5) is 22.0. The second-order valence-electron chi connectivity index (χ2n) is 4.04. The zero-order chi connectivity index (χ0) is 14.3. The lowest BCUT2D eigenvalue weighted by Crippen LogP contribution is -2.39. The number of esters is 1. The molecule has 1 rings (SSSR count). The van der Waals surface area contributed by atoms with Gasteiger partial charge in [-0.1, -0.05) is 12.1 Å². The highest BCUT2D eigenvalue weighted by atomic mass is 16.5. The van der Waals surface area contributed by atoms with E-state index in [0.717, 1.165) is 5.56 Å². The van der Waals surface area contributed by atoms with Crippen molar-refractivity contribution in [3.8, 4) is 5.75 Å². The fourth-order valence-electron chi connectivity index (χ4n) is 1.57. The van der Waals surface area contributed by atoms with E-state index in [1.165, 1.54) is 19.2 Å². The number of nitrogens with one attached hydrogen (secondary N) is 1. The van der Waals surface area contributed by atoms with Crippen molar-refractivity contribution in [3.05, 3.63) is 29.8 Å². The molecule has 0 heterocycles. The largest absolute Gasteiger partial charge is 0.508 e. The van der Waals surface area contributed by atoms with Crippen LogP contribution >= 0.6 is 0 Å². The van der Waals surface area contributed by atoms with Crippen LogP contribution < -0.4 is 5.32 Å².